The molecule has 1 aliphatic heterocycles. The van der Waals surface area contributed by atoms with E-state index in [2.05, 4.69) is 9.71 Å². The van der Waals surface area contributed by atoms with Gasteiger partial charge in [0.25, 0.3) is 10.0 Å². The molecule has 1 amide bonds. The molecule has 0 saturated heterocycles. The number of amides is 1. The second kappa shape index (κ2) is 7.26. The third-order valence-corrected chi connectivity index (χ3v) is 7.61. The number of sulfonamides is 1. The first kappa shape index (κ1) is 19.9. The van der Waals surface area contributed by atoms with E-state index in [0.29, 0.717) is 34.0 Å². The van der Waals surface area contributed by atoms with Crippen LogP contribution in [0.25, 0.3) is 11.0 Å². The third kappa shape index (κ3) is 3.15. The van der Waals surface area contributed by atoms with Crippen LogP contribution in [0.5, 0.6) is 11.5 Å². The Balaban J connectivity index is 1.49. The Kier molecular flexibility index (Phi) is 4.65. The van der Waals surface area contributed by atoms with Gasteiger partial charge in [-0.1, -0.05) is 18.6 Å². The quantitative estimate of drug-likeness (QED) is 0.654. The van der Waals surface area contributed by atoms with Gasteiger partial charge in [-0.05, 0) is 42.5 Å². The number of nitrogens with one attached hydrogen (secondary N) is 1. The fourth-order valence-corrected chi connectivity index (χ4v) is 5.69. The number of ether oxygens (including phenoxy) is 2. The van der Waals surface area contributed by atoms with Gasteiger partial charge in [0, 0.05) is 7.05 Å². The van der Waals surface area contributed by atoms with Gasteiger partial charge in [-0.3, -0.25) is 4.79 Å². The van der Waals surface area contributed by atoms with E-state index >= 15 is 0 Å². The molecular formula is C22H23N3O5S. The lowest BCUT2D eigenvalue weighted by atomic mass is 9.78. The first-order valence-electron chi connectivity index (χ1n) is 10.2. The Morgan fingerprint density at radius 2 is 2.06 bits per heavy atom. The number of carbonyl (C=O) groups excluding carboxylic acids is 1. The van der Waals surface area contributed by atoms with Crippen LogP contribution in [0.1, 0.15) is 42.2 Å². The molecule has 0 radical (unpaired) electrons. The summed E-state index contributed by atoms with van der Waals surface area (Å²) < 4.78 is 41.5. The second-order valence-corrected chi connectivity index (χ2v) is 9.69. The highest BCUT2D eigenvalue weighted by Crippen LogP contribution is 2.49. The Morgan fingerprint density at radius 3 is 2.77 bits per heavy atom. The number of hydrogen-bond donors (Lipinski definition) is 1. The molecule has 1 fully saturated rings. The molecule has 8 nitrogen and oxygen atoms in total. The van der Waals surface area contributed by atoms with Gasteiger partial charge >= 0.3 is 0 Å². The van der Waals surface area contributed by atoms with Crippen molar-refractivity contribution in [3.63, 3.8) is 0 Å². The van der Waals surface area contributed by atoms with Crippen LogP contribution in [0.2, 0.25) is 0 Å². The summed E-state index contributed by atoms with van der Waals surface area (Å²) in [5.74, 6) is 0.192. The minimum Gasteiger partial charge on any atom is -0.496 e. The van der Waals surface area contributed by atoms with Crippen LogP contribution in [0.4, 0.5) is 0 Å². The van der Waals surface area contributed by atoms with E-state index in [4.69, 9.17) is 9.47 Å². The number of benzene rings is 2. The van der Waals surface area contributed by atoms with Crippen LogP contribution in [-0.4, -0.2) is 37.6 Å². The molecule has 1 aliphatic carbocycles. The summed E-state index contributed by atoms with van der Waals surface area (Å²) in [5.41, 5.74) is 2.67. The largest absolute Gasteiger partial charge is 0.496 e. The molecule has 1 atom stereocenters. The lowest BCUT2D eigenvalue weighted by Gasteiger charge is -2.27. The molecule has 31 heavy (non-hydrogen) atoms. The minimum absolute atomic E-state index is 0.00710. The smallest absolute Gasteiger partial charge is 0.266 e. The zero-order chi connectivity index (χ0) is 21.8. The van der Waals surface area contributed by atoms with E-state index in [1.54, 1.807) is 30.1 Å². The van der Waals surface area contributed by atoms with Crippen molar-refractivity contribution in [2.75, 3.05) is 13.7 Å². The van der Waals surface area contributed by atoms with E-state index in [0.717, 1.165) is 18.4 Å². The molecule has 1 saturated carbocycles. The number of hydrogen-bond acceptors (Lipinski definition) is 6. The molecule has 2 aliphatic rings. The van der Waals surface area contributed by atoms with E-state index in [1.807, 2.05) is 12.1 Å². The number of nitrogens with zero attached hydrogens (tertiary/aromatic N) is 2. The fourth-order valence-electron chi connectivity index (χ4n) is 4.42. The minimum atomic E-state index is -4.11. The van der Waals surface area contributed by atoms with Gasteiger partial charge < -0.3 is 14.0 Å². The monoisotopic (exact) mass is 441 g/mol. The molecular weight excluding hydrogens is 418 g/mol. The fraction of sp³-hybridized carbons (Fsp3) is 0.364. The number of imidazole rings is 1. The molecule has 1 aromatic heterocycles. The molecule has 5 rings (SSSR count). The van der Waals surface area contributed by atoms with Crippen molar-refractivity contribution >= 4 is 27.0 Å². The van der Waals surface area contributed by atoms with Gasteiger partial charge in [-0.25, -0.2) is 18.1 Å². The Morgan fingerprint density at radius 1 is 1.26 bits per heavy atom. The number of carbonyl (C=O) groups is 1. The number of aromatic nitrogens is 2. The maximum absolute atomic E-state index is 13.1. The van der Waals surface area contributed by atoms with Gasteiger partial charge in [-0.15, -0.1) is 0 Å². The molecule has 3 aromatic rings. The second-order valence-electron chi connectivity index (χ2n) is 8.04. The van der Waals surface area contributed by atoms with Crippen molar-refractivity contribution in [1.29, 1.82) is 0 Å². The SMILES string of the molecule is COc1ccc(C2CCC2)c2c1C(C(=O)NS(=O)(=O)c1cccc3ncn(C)c13)CO2. The highest BCUT2D eigenvalue weighted by molar-refractivity contribution is 7.90. The summed E-state index contributed by atoms with van der Waals surface area (Å²) >= 11 is 0. The van der Waals surface area contributed by atoms with Crippen molar-refractivity contribution in [3.05, 3.63) is 47.8 Å². The lowest BCUT2D eigenvalue weighted by Crippen LogP contribution is -2.35. The van der Waals surface area contributed by atoms with E-state index in [1.165, 1.54) is 19.6 Å². The van der Waals surface area contributed by atoms with Crippen LogP contribution in [0.3, 0.4) is 0 Å². The standard InChI is InChI=1S/C22H23N3O5S/c1-25-12-23-16-7-4-8-18(20(16)25)31(27,28)24-22(26)15-11-30-21-14(13-5-3-6-13)9-10-17(29-2)19(15)21/h4,7-10,12-13,15H,3,5-6,11H2,1-2H3,(H,24,26). The zero-order valence-corrected chi connectivity index (χ0v) is 18.1. The van der Waals surface area contributed by atoms with Gasteiger partial charge in [-0.2, -0.15) is 0 Å². The lowest BCUT2D eigenvalue weighted by molar-refractivity contribution is -0.121. The summed E-state index contributed by atoms with van der Waals surface area (Å²) in [6.07, 6.45) is 4.89. The molecule has 0 spiro atoms. The number of methoxy groups -OCH3 is 1. The maximum atomic E-state index is 13.1. The molecule has 1 unspecified atom stereocenters. The summed E-state index contributed by atoms with van der Waals surface area (Å²) in [5, 5.41) is 0. The van der Waals surface area contributed by atoms with Crippen LogP contribution in [0, 0.1) is 0 Å². The summed E-state index contributed by atoms with van der Waals surface area (Å²) in [6, 6.07) is 8.63. The van der Waals surface area contributed by atoms with Crippen molar-refractivity contribution in [1.82, 2.24) is 14.3 Å². The van der Waals surface area contributed by atoms with Crippen LogP contribution >= 0.6 is 0 Å². The molecule has 2 aromatic carbocycles. The zero-order valence-electron chi connectivity index (χ0n) is 17.3. The van der Waals surface area contributed by atoms with Gasteiger partial charge in [0.15, 0.2) is 0 Å². The van der Waals surface area contributed by atoms with Crippen LogP contribution < -0.4 is 14.2 Å². The average Bonchev–Trinajstić information content (AvgIpc) is 3.31. The molecule has 2 heterocycles. The predicted molar refractivity (Wildman–Crippen MR) is 114 cm³/mol. The summed E-state index contributed by atoms with van der Waals surface area (Å²) in [6.45, 7) is 0.0761. The number of para-hydroxylation sites is 1. The Bertz CT molecular complexity index is 1290. The van der Waals surface area contributed by atoms with Crippen LogP contribution in [0.15, 0.2) is 41.6 Å². The van der Waals surface area contributed by atoms with E-state index in [-0.39, 0.29) is 11.5 Å². The molecule has 1 N–H and O–H groups in total. The highest BCUT2D eigenvalue weighted by atomic mass is 32.2. The van der Waals surface area contributed by atoms with Crippen LogP contribution in [-0.2, 0) is 21.9 Å². The number of aryl methyl sites for hydroxylation is 1. The van der Waals surface area contributed by atoms with Crippen molar-refractivity contribution in [3.8, 4) is 11.5 Å². The van der Waals surface area contributed by atoms with Crippen molar-refractivity contribution < 1.29 is 22.7 Å². The maximum Gasteiger partial charge on any atom is 0.266 e. The predicted octanol–water partition coefficient (Wildman–Crippen LogP) is 2.83. The molecule has 162 valence electrons. The van der Waals surface area contributed by atoms with E-state index in [9.17, 15) is 13.2 Å². The van der Waals surface area contributed by atoms with Gasteiger partial charge in [0.1, 0.15) is 28.9 Å². The van der Waals surface area contributed by atoms with Gasteiger partial charge in [0.2, 0.25) is 5.91 Å². The summed E-state index contributed by atoms with van der Waals surface area (Å²) in [7, 11) is -0.869. The Hall–Kier alpha value is -3.07. The number of rotatable bonds is 5. The van der Waals surface area contributed by atoms with E-state index < -0.39 is 21.8 Å². The topological polar surface area (TPSA) is 99.5 Å². The third-order valence-electron chi connectivity index (χ3n) is 6.24. The summed E-state index contributed by atoms with van der Waals surface area (Å²) in [4.78, 5) is 17.3. The highest BCUT2D eigenvalue weighted by Gasteiger charge is 2.39. The normalized spacial score (nSPS) is 18.3. The Labute approximate surface area is 180 Å². The first-order valence-corrected chi connectivity index (χ1v) is 11.7. The molecule has 9 heteroatoms. The molecule has 0 bridgehead atoms. The van der Waals surface area contributed by atoms with Crippen molar-refractivity contribution in [2.45, 2.75) is 36.0 Å². The average molecular weight is 442 g/mol. The van der Waals surface area contributed by atoms with Crippen molar-refractivity contribution in [2.24, 2.45) is 7.05 Å². The number of fused-ring (bicyclic) bond motifs is 2. The first-order chi connectivity index (χ1) is 14.9. The van der Waals surface area contributed by atoms with Gasteiger partial charge in [0.05, 0.1) is 30.0 Å².